The van der Waals surface area contributed by atoms with Gasteiger partial charge in [0, 0.05) is 5.56 Å². The average molecular weight is 206 g/mol. The standard InChI is InChI=1S/C11H14N2O2/c14-7-6-13(15)8-11(12-9-13)10-4-2-1-3-5-10/h1-5,8,12,14H,6-7,9H2. The van der Waals surface area contributed by atoms with E-state index in [-0.39, 0.29) is 13.2 Å². The SMILES string of the molecule is [O-][N+]1(CCO)C=C(c2ccccc2)NC1. The highest BCUT2D eigenvalue weighted by molar-refractivity contribution is 5.63. The van der Waals surface area contributed by atoms with Crippen LogP contribution in [-0.4, -0.2) is 29.6 Å². The molecule has 1 aliphatic heterocycles. The van der Waals surface area contributed by atoms with Gasteiger partial charge in [0.05, 0.1) is 6.61 Å². The number of nitrogens with one attached hydrogen (secondary N) is 1. The van der Waals surface area contributed by atoms with Gasteiger partial charge in [0.25, 0.3) is 0 Å². The lowest BCUT2D eigenvalue weighted by atomic mass is 10.2. The van der Waals surface area contributed by atoms with Gasteiger partial charge in [-0.15, -0.1) is 0 Å². The van der Waals surface area contributed by atoms with Crippen LogP contribution in [0, 0.1) is 5.21 Å². The normalized spacial score (nSPS) is 24.8. The number of hydrogen-bond acceptors (Lipinski definition) is 3. The second-order valence-corrected chi connectivity index (χ2v) is 3.64. The molecule has 0 bridgehead atoms. The Labute approximate surface area is 88.6 Å². The molecule has 0 amide bonds. The third-order valence-corrected chi connectivity index (χ3v) is 2.46. The van der Waals surface area contributed by atoms with Gasteiger partial charge in [-0.05, 0) is 0 Å². The van der Waals surface area contributed by atoms with E-state index in [0.717, 1.165) is 11.3 Å². The van der Waals surface area contributed by atoms with Crippen LogP contribution in [0.15, 0.2) is 36.5 Å². The number of aliphatic hydroxyl groups is 1. The van der Waals surface area contributed by atoms with E-state index < -0.39 is 4.65 Å². The van der Waals surface area contributed by atoms with E-state index in [4.69, 9.17) is 5.11 Å². The molecular formula is C11H14N2O2. The van der Waals surface area contributed by atoms with Crippen LogP contribution in [-0.2, 0) is 0 Å². The fourth-order valence-electron chi connectivity index (χ4n) is 1.65. The van der Waals surface area contributed by atoms with Crippen molar-refractivity contribution in [2.75, 3.05) is 19.8 Å². The van der Waals surface area contributed by atoms with E-state index in [1.165, 1.54) is 0 Å². The van der Waals surface area contributed by atoms with Crippen LogP contribution >= 0.6 is 0 Å². The Bertz CT molecular complexity index is 364. The Morgan fingerprint density at radius 2 is 2.07 bits per heavy atom. The molecule has 0 aromatic heterocycles. The summed E-state index contributed by atoms with van der Waals surface area (Å²) in [5, 5.41) is 23.8. The molecule has 0 fully saturated rings. The summed E-state index contributed by atoms with van der Waals surface area (Å²) >= 11 is 0. The van der Waals surface area contributed by atoms with Crippen molar-refractivity contribution in [2.24, 2.45) is 0 Å². The lowest BCUT2D eigenvalue weighted by Crippen LogP contribution is -2.40. The van der Waals surface area contributed by atoms with Crippen molar-refractivity contribution in [2.45, 2.75) is 0 Å². The Morgan fingerprint density at radius 3 is 2.73 bits per heavy atom. The molecule has 0 radical (unpaired) electrons. The van der Waals surface area contributed by atoms with Crippen molar-refractivity contribution in [3.05, 3.63) is 47.3 Å². The molecular weight excluding hydrogens is 192 g/mol. The van der Waals surface area contributed by atoms with Crippen molar-refractivity contribution in [1.82, 2.24) is 5.32 Å². The number of benzene rings is 1. The maximum absolute atomic E-state index is 11.9. The monoisotopic (exact) mass is 206 g/mol. The summed E-state index contributed by atoms with van der Waals surface area (Å²) in [5.41, 5.74) is 1.85. The second-order valence-electron chi connectivity index (χ2n) is 3.64. The Kier molecular flexibility index (Phi) is 2.73. The van der Waals surface area contributed by atoms with Gasteiger partial charge in [0.15, 0.2) is 6.67 Å². The zero-order valence-electron chi connectivity index (χ0n) is 8.39. The second kappa shape index (κ2) is 4.02. The fraction of sp³-hybridized carbons (Fsp3) is 0.273. The Hall–Kier alpha value is -1.36. The van der Waals surface area contributed by atoms with Gasteiger partial charge in [0.1, 0.15) is 18.4 Å². The predicted molar refractivity (Wildman–Crippen MR) is 58.0 cm³/mol. The zero-order chi connectivity index (χ0) is 10.7. The van der Waals surface area contributed by atoms with Crippen molar-refractivity contribution in [3.63, 3.8) is 0 Å². The smallest absolute Gasteiger partial charge is 0.156 e. The first-order chi connectivity index (χ1) is 7.23. The van der Waals surface area contributed by atoms with Crippen LogP contribution in [0.25, 0.3) is 5.70 Å². The minimum absolute atomic E-state index is 0.0935. The third kappa shape index (κ3) is 2.18. The van der Waals surface area contributed by atoms with Crippen molar-refractivity contribution in [3.8, 4) is 0 Å². The molecule has 1 aromatic carbocycles. The zero-order valence-corrected chi connectivity index (χ0v) is 8.39. The number of aliphatic hydroxyl groups excluding tert-OH is 1. The highest BCUT2D eigenvalue weighted by Gasteiger charge is 2.22. The number of hydroxylamine groups is 3. The summed E-state index contributed by atoms with van der Waals surface area (Å²) < 4.78 is -0.499. The van der Waals surface area contributed by atoms with Gasteiger partial charge in [0.2, 0.25) is 0 Å². The van der Waals surface area contributed by atoms with E-state index in [2.05, 4.69) is 5.32 Å². The lowest BCUT2D eigenvalue weighted by molar-refractivity contribution is -0.825. The molecule has 1 atom stereocenters. The number of rotatable bonds is 3. The van der Waals surface area contributed by atoms with Gasteiger partial charge in [-0.1, -0.05) is 30.3 Å². The average Bonchev–Trinajstić information content (AvgIpc) is 2.63. The van der Waals surface area contributed by atoms with Crippen LogP contribution in [0.3, 0.4) is 0 Å². The molecule has 4 nitrogen and oxygen atoms in total. The van der Waals surface area contributed by atoms with Gasteiger partial charge in [-0.25, -0.2) is 0 Å². The molecule has 2 N–H and O–H groups in total. The minimum atomic E-state index is -0.499. The maximum Gasteiger partial charge on any atom is 0.156 e. The first kappa shape index (κ1) is 10.2. The first-order valence-electron chi connectivity index (χ1n) is 4.94. The molecule has 0 saturated carbocycles. The molecule has 2 rings (SSSR count). The van der Waals surface area contributed by atoms with Crippen molar-refractivity contribution in [1.29, 1.82) is 0 Å². The molecule has 0 aliphatic carbocycles. The molecule has 1 aliphatic rings. The van der Waals surface area contributed by atoms with Gasteiger partial charge in [-0.3, -0.25) is 0 Å². The molecule has 0 spiro atoms. The highest BCUT2D eigenvalue weighted by atomic mass is 16.5. The number of nitrogens with zero attached hydrogens (tertiary/aromatic N) is 1. The van der Waals surface area contributed by atoms with Crippen LogP contribution in [0.1, 0.15) is 5.56 Å². The Morgan fingerprint density at radius 1 is 1.33 bits per heavy atom. The molecule has 1 unspecified atom stereocenters. The van der Waals surface area contributed by atoms with Crippen molar-refractivity contribution >= 4 is 5.70 Å². The quantitative estimate of drug-likeness (QED) is 0.569. The Balaban J connectivity index is 2.20. The summed E-state index contributed by atoms with van der Waals surface area (Å²) in [6, 6.07) is 9.70. The topological polar surface area (TPSA) is 55.3 Å². The third-order valence-electron chi connectivity index (χ3n) is 2.46. The summed E-state index contributed by atoms with van der Waals surface area (Å²) in [4.78, 5) is 0. The predicted octanol–water partition coefficient (Wildman–Crippen LogP) is 0.853. The van der Waals surface area contributed by atoms with Gasteiger partial charge in [-0.2, -0.15) is 0 Å². The summed E-state index contributed by atoms with van der Waals surface area (Å²) in [7, 11) is 0. The highest BCUT2D eigenvalue weighted by Crippen LogP contribution is 2.21. The van der Waals surface area contributed by atoms with Gasteiger partial charge >= 0.3 is 0 Å². The van der Waals surface area contributed by atoms with E-state index in [9.17, 15) is 5.21 Å². The molecule has 4 heteroatoms. The van der Waals surface area contributed by atoms with Crippen LogP contribution in [0.4, 0.5) is 0 Å². The number of hydrogen-bond donors (Lipinski definition) is 2. The summed E-state index contributed by atoms with van der Waals surface area (Å²) in [6.45, 7) is 0.401. The van der Waals surface area contributed by atoms with E-state index in [1.54, 1.807) is 6.20 Å². The maximum atomic E-state index is 11.9. The van der Waals surface area contributed by atoms with Crippen LogP contribution in [0.2, 0.25) is 0 Å². The largest absolute Gasteiger partial charge is 0.626 e. The lowest BCUT2D eigenvalue weighted by Gasteiger charge is -2.33. The summed E-state index contributed by atoms with van der Waals surface area (Å²) in [6.07, 6.45) is 1.62. The first-order valence-corrected chi connectivity index (χ1v) is 4.94. The van der Waals surface area contributed by atoms with E-state index >= 15 is 0 Å². The van der Waals surface area contributed by atoms with Crippen molar-refractivity contribution < 1.29 is 9.75 Å². The number of quaternary nitrogens is 1. The fourth-order valence-corrected chi connectivity index (χ4v) is 1.65. The molecule has 1 heterocycles. The molecule has 1 aromatic rings. The van der Waals surface area contributed by atoms with Gasteiger partial charge < -0.3 is 20.3 Å². The molecule has 0 saturated heterocycles. The molecule has 15 heavy (non-hydrogen) atoms. The molecule has 80 valence electrons. The minimum Gasteiger partial charge on any atom is -0.626 e. The van der Waals surface area contributed by atoms with E-state index in [1.807, 2.05) is 30.3 Å². The summed E-state index contributed by atoms with van der Waals surface area (Å²) in [5.74, 6) is 0. The van der Waals surface area contributed by atoms with E-state index in [0.29, 0.717) is 6.67 Å². The van der Waals surface area contributed by atoms with Crippen LogP contribution < -0.4 is 5.32 Å². The van der Waals surface area contributed by atoms with Crippen LogP contribution in [0.5, 0.6) is 0 Å².